The van der Waals surface area contributed by atoms with Gasteiger partial charge in [0.25, 0.3) is 5.91 Å². The molecule has 33 heavy (non-hydrogen) atoms. The van der Waals surface area contributed by atoms with Crippen molar-refractivity contribution in [2.75, 3.05) is 18.5 Å². The number of carbonyl (C=O) groups is 1. The smallest absolute Gasteiger partial charge is 0.276 e. The second kappa shape index (κ2) is 11.1. The van der Waals surface area contributed by atoms with E-state index in [-0.39, 0.29) is 18.3 Å². The first-order chi connectivity index (χ1) is 15.4. The molecule has 1 aliphatic heterocycles. The van der Waals surface area contributed by atoms with Crippen molar-refractivity contribution >= 4 is 35.6 Å². The fourth-order valence-electron chi connectivity index (χ4n) is 3.76. The Morgan fingerprint density at radius 2 is 2.03 bits per heavy atom. The Morgan fingerprint density at radius 3 is 2.82 bits per heavy atom. The van der Waals surface area contributed by atoms with E-state index in [0.717, 1.165) is 42.2 Å². The third kappa shape index (κ3) is 6.28. The molecule has 8 heteroatoms. The van der Waals surface area contributed by atoms with Crippen LogP contribution in [0.1, 0.15) is 46.7 Å². The van der Waals surface area contributed by atoms with E-state index in [2.05, 4.69) is 41.7 Å². The summed E-state index contributed by atoms with van der Waals surface area (Å²) >= 11 is 6.23. The number of rotatable bonds is 7. The Morgan fingerprint density at radius 1 is 1.21 bits per heavy atom. The van der Waals surface area contributed by atoms with Crippen molar-refractivity contribution in [2.24, 2.45) is 5.92 Å². The second-order valence-corrected chi connectivity index (χ2v) is 9.09. The zero-order chi connectivity index (χ0) is 22.7. The van der Waals surface area contributed by atoms with Crippen LogP contribution >= 0.6 is 24.0 Å². The van der Waals surface area contributed by atoms with Gasteiger partial charge in [-0.2, -0.15) is 5.10 Å². The molecule has 0 unspecified atom stereocenters. The highest BCUT2D eigenvalue weighted by Gasteiger charge is 2.16. The van der Waals surface area contributed by atoms with E-state index >= 15 is 0 Å². The molecule has 0 atom stereocenters. The van der Waals surface area contributed by atoms with Crippen LogP contribution in [0.4, 0.5) is 5.69 Å². The van der Waals surface area contributed by atoms with Crippen LogP contribution in [-0.4, -0.2) is 28.8 Å². The number of fused-ring (bicyclic) bond motifs is 1. The number of aromatic nitrogens is 2. The predicted molar refractivity (Wildman–Crippen MR) is 135 cm³/mol. The van der Waals surface area contributed by atoms with Gasteiger partial charge in [-0.1, -0.05) is 31.5 Å². The Labute approximate surface area is 206 Å². The molecular formula is C25H30Cl2N4O2. The number of ether oxygens (including phenoxy) is 1. The molecule has 2 N–H and O–H groups in total. The Kier molecular flexibility index (Phi) is 8.40. The van der Waals surface area contributed by atoms with Gasteiger partial charge in [-0.3, -0.25) is 9.48 Å². The first-order valence-electron chi connectivity index (χ1n) is 11.0. The fraction of sp³-hybridized carbons (Fsp3) is 0.360. The summed E-state index contributed by atoms with van der Waals surface area (Å²) in [5, 5.41) is 11.5. The minimum atomic E-state index is -0.219. The minimum absolute atomic E-state index is 0. The fourth-order valence-corrected chi connectivity index (χ4v) is 3.96. The molecule has 3 aromatic rings. The van der Waals surface area contributed by atoms with E-state index in [1.54, 1.807) is 10.7 Å². The molecule has 0 bridgehead atoms. The lowest BCUT2D eigenvalue weighted by molar-refractivity contribution is 0.102. The van der Waals surface area contributed by atoms with Gasteiger partial charge in [0, 0.05) is 28.5 Å². The van der Waals surface area contributed by atoms with Crippen LogP contribution in [0.5, 0.6) is 5.75 Å². The van der Waals surface area contributed by atoms with E-state index < -0.39 is 0 Å². The maximum absolute atomic E-state index is 12.9. The lowest BCUT2D eigenvalue weighted by Gasteiger charge is -2.17. The number of hydrogen-bond donors (Lipinski definition) is 2. The van der Waals surface area contributed by atoms with Crippen molar-refractivity contribution < 1.29 is 9.53 Å². The number of nitrogens with zero attached hydrogens (tertiary/aromatic N) is 2. The summed E-state index contributed by atoms with van der Waals surface area (Å²) in [4.78, 5) is 12.9. The van der Waals surface area contributed by atoms with Crippen LogP contribution in [0.2, 0.25) is 5.02 Å². The molecule has 4 rings (SSSR count). The van der Waals surface area contributed by atoms with E-state index in [1.807, 2.05) is 31.2 Å². The molecule has 2 heterocycles. The van der Waals surface area contributed by atoms with E-state index in [9.17, 15) is 4.79 Å². The number of halogens is 2. The molecule has 1 aromatic heterocycles. The molecule has 2 aromatic carbocycles. The molecule has 0 fully saturated rings. The van der Waals surface area contributed by atoms with Crippen LogP contribution in [-0.2, 0) is 19.5 Å². The minimum Gasteiger partial charge on any atom is -0.493 e. The predicted octanol–water partition coefficient (Wildman–Crippen LogP) is 5.25. The Bertz CT molecular complexity index is 1130. The summed E-state index contributed by atoms with van der Waals surface area (Å²) in [6, 6.07) is 13.5. The van der Waals surface area contributed by atoms with E-state index in [0.29, 0.717) is 29.8 Å². The second-order valence-electron chi connectivity index (χ2n) is 8.65. The third-order valence-electron chi connectivity index (χ3n) is 5.48. The summed E-state index contributed by atoms with van der Waals surface area (Å²) in [6.45, 7) is 9.08. The maximum Gasteiger partial charge on any atom is 0.276 e. The molecule has 176 valence electrons. The highest BCUT2D eigenvalue weighted by atomic mass is 35.5. The average molecular weight is 489 g/mol. The van der Waals surface area contributed by atoms with Crippen LogP contribution in [0.3, 0.4) is 0 Å². The van der Waals surface area contributed by atoms with Gasteiger partial charge < -0.3 is 15.4 Å². The zero-order valence-corrected chi connectivity index (χ0v) is 20.7. The summed E-state index contributed by atoms with van der Waals surface area (Å²) in [5.41, 5.74) is 5.56. The number of carbonyl (C=O) groups excluding carboxylic acids is 1. The molecule has 1 aliphatic rings. The normalized spacial score (nSPS) is 12.8. The van der Waals surface area contributed by atoms with Crippen LogP contribution < -0.4 is 15.4 Å². The summed E-state index contributed by atoms with van der Waals surface area (Å²) in [5.74, 6) is 0.982. The summed E-state index contributed by atoms with van der Waals surface area (Å²) in [7, 11) is 0. The Hall–Kier alpha value is -2.54. The SMILES string of the molecule is Cc1cc(C(=O)Nc2ccc3c(c2)CCNC3)nn1Cc1cc(Cl)ccc1OCC(C)C.Cl. The molecule has 0 aliphatic carbocycles. The highest BCUT2D eigenvalue weighted by molar-refractivity contribution is 6.30. The van der Waals surface area contributed by atoms with Gasteiger partial charge in [0.2, 0.25) is 0 Å². The number of nitrogens with one attached hydrogen (secondary N) is 2. The van der Waals surface area contributed by atoms with Crippen molar-refractivity contribution in [1.29, 1.82) is 0 Å². The first kappa shape index (κ1) is 25.1. The molecule has 0 saturated heterocycles. The lowest BCUT2D eigenvalue weighted by Crippen LogP contribution is -2.23. The quantitative estimate of drug-likeness (QED) is 0.476. The van der Waals surface area contributed by atoms with Crippen molar-refractivity contribution in [2.45, 2.75) is 40.3 Å². The zero-order valence-electron chi connectivity index (χ0n) is 19.2. The highest BCUT2D eigenvalue weighted by Crippen LogP contribution is 2.25. The third-order valence-corrected chi connectivity index (χ3v) is 5.71. The lowest BCUT2D eigenvalue weighted by atomic mass is 10.0. The summed E-state index contributed by atoms with van der Waals surface area (Å²) < 4.78 is 7.77. The topological polar surface area (TPSA) is 68.2 Å². The molecule has 0 saturated carbocycles. The monoisotopic (exact) mass is 488 g/mol. The average Bonchev–Trinajstić information content (AvgIpc) is 3.13. The van der Waals surface area contributed by atoms with Gasteiger partial charge in [0.05, 0.1) is 13.2 Å². The number of benzene rings is 2. The largest absolute Gasteiger partial charge is 0.493 e. The van der Waals surface area contributed by atoms with E-state index in [1.165, 1.54) is 11.1 Å². The van der Waals surface area contributed by atoms with Crippen LogP contribution in [0.25, 0.3) is 0 Å². The number of aryl methyl sites for hydroxylation is 1. The number of anilines is 1. The van der Waals surface area contributed by atoms with Crippen LogP contribution in [0.15, 0.2) is 42.5 Å². The molecule has 1 amide bonds. The van der Waals surface area contributed by atoms with Gasteiger partial charge >= 0.3 is 0 Å². The van der Waals surface area contributed by atoms with Crippen LogP contribution in [0, 0.1) is 12.8 Å². The molecular weight excluding hydrogens is 459 g/mol. The van der Waals surface area contributed by atoms with Gasteiger partial charge in [0.1, 0.15) is 5.75 Å². The van der Waals surface area contributed by atoms with Gasteiger partial charge in [-0.05, 0) is 73.3 Å². The van der Waals surface area contributed by atoms with Crippen molar-refractivity contribution in [3.05, 3.63) is 75.6 Å². The molecule has 6 nitrogen and oxygen atoms in total. The van der Waals surface area contributed by atoms with Gasteiger partial charge in [0.15, 0.2) is 5.69 Å². The number of hydrogen-bond acceptors (Lipinski definition) is 4. The van der Waals surface area contributed by atoms with Gasteiger partial charge in [-0.15, -0.1) is 12.4 Å². The Balaban J connectivity index is 0.00000306. The van der Waals surface area contributed by atoms with Crippen molar-refractivity contribution in [1.82, 2.24) is 15.1 Å². The standard InChI is InChI=1S/C25H29ClN4O2.ClH/c1-16(2)15-32-24-7-5-21(26)11-20(24)14-30-17(3)10-23(29-30)25(31)28-22-6-4-19-13-27-9-8-18(19)12-22;/h4-7,10-12,16,27H,8-9,13-15H2,1-3H3,(H,28,31);1H. The van der Waals surface area contributed by atoms with Crippen molar-refractivity contribution in [3.8, 4) is 5.75 Å². The van der Waals surface area contributed by atoms with E-state index in [4.69, 9.17) is 16.3 Å². The molecule has 0 spiro atoms. The first-order valence-corrected chi connectivity index (χ1v) is 11.4. The maximum atomic E-state index is 12.9. The molecule has 0 radical (unpaired) electrons. The summed E-state index contributed by atoms with van der Waals surface area (Å²) in [6.07, 6.45) is 0.966. The number of amides is 1. The van der Waals surface area contributed by atoms with Crippen molar-refractivity contribution in [3.63, 3.8) is 0 Å². The van der Waals surface area contributed by atoms with Gasteiger partial charge in [-0.25, -0.2) is 0 Å².